The summed E-state index contributed by atoms with van der Waals surface area (Å²) in [6, 6.07) is 17.5. The third kappa shape index (κ3) is 4.77. The van der Waals surface area contributed by atoms with Gasteiger partial charge in [0, 0.05) is 24.6 Å². The average molecular weight is 437 g/mol. The van der Waals surface area contributed by atoms with Crippen molar-refractivity contribution in [2.75, 3.05) is 5.32 Å². The zero-order valence-electron chi connectivity index (χ0n) is 16.4. The molecule has 2 heterocycles. The molecule has 1 amide bonds. The monoisotopic (exact) mass is 436 g/mol. The fraction of sp³-hybridized carbons (Fsp3) is 0.182. The van der Waals surface area contributed by atoms with E-state index in [9.17, 15) is 9.59 Å². The molecule has 2 aromatic heterocycles. The molecule has 0 saturated carbocycles. The predicted molar refractivity (Wildman–Crippen MR) is 122 cm³/mol. The molecule has 152 valence electrons. The molecular weight excluding hydrogens is 416 g/mol. The third-order valence-electron chi connectivity index (χ3n) is 4.48. The van der Waals surface area contributed by atoms with Gasteiger partial charge < -0.3 is 5.32 Å². The predicted octanol–water partition coefficient (Wildman–Crippen LogP) is 4.35. The van der Waals surface area contributed by atoms with E-state index in [0.717, 1.165) is 12.1 Å². The second kappa shape index (κ2) is 9.23. The Balaban J connectivity index is 1.60. The summed E-state index contributed by atoms with van der Waals surface area (Å²) in [5.41, 5.74) is 2.67. The maximum atomic E-state index is 13.2. The van der Waals surface area contributed by atoms with E-state index in [0.29, 0.717) is 33.5 Å². The van der Waals surface area contributed by atoms with Crippen molar-refractivity contribution in [3.8, 4) is 0 Å². The van der Waals surface area contributed by atoms with E-state index in [4.69, 9.17) is 4.98 Å². The van der Waals surface area contributed by atoms with Crippen LogP contribution in [-0.4, -0.2) is 20.4 Å². The number of benzene rings is 2. The first-order valence-electron chi connectivity index (χ1n) is 9.48. The fourth-order valence-corrected chi connectivity index (χ4v) is 4.84. The van der Waals surface area contributed by atoms with E-state index in [2.05, 4.69) is 22.4 Å². The quantitative estimate of drug-likeness (QED) is 0.344. The van der Waals surface area contributed by atoms with Gasteiger partial charge in [0.15, 0.2) is 10.3 Å². The minimum Gasteiger partial charge on any atom is -0.302 e. The van der Waals surface area contributed by atoms with E-state index in [1.54, 1.807) is 4.57 Å². The molecule has 0 bridgehead atoms. The second-order valence-corrected chi connectivity index (χ2v) is 8.52. The Hall–Kier alpha value is -2.97. The van der Waals surface area contributed by atoms with Crippen LogP contribution >= 0.6 is 23.1 Å². The van der Waals surface area contributed by atoms with Gasteiger partial charge in [0.2, 0.25) is 5.91 Å². The van der Waals surface area contributed by atoms with Crippen LogP contribution < -0.4 is 10.9 Å². The van der Waals surface area contributed by atoms with E-state index >= 15 is 0 Å². The maximum absolute atomic E-state index is 13.2. The summed E-state index contributed by atoms with van der Waals surface area (Å²) >= 11 is 2.86. The van der Waals surface area contributed by atoms with Crippen LogP contribution in [0.15, 0.2) is 69.9 Å². The second-order valence-electron chi connectivity index (χ2n) is 6.72. The third-order valence-corrected chi connectivity index (χ3v) is 6.29. The Kier molecular flexibility index (Phi) is 6.25. The molecule has 2 aromatic carbocycles. The Morgan fingerprint density at radius 3 is 2.67 bits per heavy atom. The highest BCUT2D eigenvalue weighted by Crippen LogP contribution is 2.25. The van der Waals surface area contributed by atoms with E-state index < -0.39 is 0 Å². The summed E-state index contributed by atoms with van der Waals surface area (Å²) in [5, 5.41) is 6.47. The molecule has 0 spiro atoms. The van der Waals surface area contributed by atoms with Crippen molar-refractivity contribution in [3.63, 3.8) is 0 Å². The van der Waals surface area contributed by atoms with E-state index in [1.165, 1.54) is 35.6 Å². The molecular formula is C22H20N4O2S2. The normalized spacial score (nSPS) is 11.0. The van der Waals surface area contributed by atoms with Crippen molar-refractivity contribution in [2.24, 2.45) is 0 Å². The molecule has 0 aliphatic heterocycles. The number of rotatable bonds is 7. The first-order valence-corrected chi connectivity index (χ1v) is 11.3. The highest BCUT2D eigenvalue weighted by Gasteiger charge is 2.13. The van der Waals surface area contributed by atoms with Crippen LogP contribution in [0.4, 0.5) is 5.13 Å². The van der Waals surface area contributed by atoms with Gasteiger partial charge in [0.1, 0.15) is 0 Å². The summed E-state index contributed by atoms with van der Waals surface area (Å²) < 4.78 is 1.75. The first-order chi connectivity index (χ1) is 14.6. The topological polar surface area (TPSA) is 76.9 Å². The van der Waals surface area contributed by atoms with Gasteiger partial charge in [-0.25, -0.2) is 9.97 Å². The number of fused-ring (bicyclic) bond motifs is 1. The van der Waals surface area contributed by atoms with Gasteiger partial charge >= 0.3 is 0 Å². The van der Waals surface area contributed by atoms with E-state index in [1.807, 2.05) is 47.8 Å². The first kappa shape index (κ1) is 20.3. The highest BCUT2D eigenvalue weighted by molar-refractivity contribution is 7.98. The number of amides is 1. The number of aromatic nitrogens is 3. The minimum absolute atomic E-state index is 0.0313. The van der Waals surface area contributed by atoms with Crippen LogP contribution in [0.25, 0.3) is 10.9 Å². The van der Waals surface area contributed by atoms with Crippen molar-refractivity contribution >= 4 is 45.0 Å². The maximum Gasteiger partial charge on any atom is 0.262 e. The lowest BCUT2D eigenvalue weighted by molar-refractivity contribution is -0.114. The number of para-hydroxylation sites is 1. The SMILES string of the molecule is CC(=O)Nc1nc(CSc2nc3ccccc3c(=O)n2CCc2ccccc2)cs1. The van der Waals surface area contributed by atoms with Crippen molar-refractivity contribution in [2.45, 2.75) is 30.8 Å². The smallest absolute Gasteiger partial charge is 0.262 e. The number of anilines is 1. The van der Waals surface area contributed by atoms with Gasteiger partial charge in [-0.2, -0.15) is 0 Å². The summed E-state index contributed by atoms with van der Waals surface area (Å²) in [4.78, 5) is 33.5. The highest BCUT2D eigenvalue weighted by atomic mass is 32.2. The fourth-order valence-electron chi connectivity index (χ4n) is 3.06. The Morgan fingerprint density at radius 2 is 1.87 bits per heavy atom. The Morgan fingerprint density at radius 1 is 1.10 bits per heavy atom. The lowest BCUT2D eigenvalue weighted by Gasteiger charge is -2.13. The molecule has 4 aromatic rings. The molecule has 0 unspecified atom stereocenters. The zero-order chi connectivity index (χ0) is 20.9. The number of nitrogens with zero attached hydrogens (tertiary/aromatic N) is 3. The van der Waals surface area contributed by atoms with Gasteiger partial charge in [0.25, 0.3) is 5.56 Å². The van der Waals surface area contributed by atoms with Crippen molar-refractivity contribution in [1.82, 2.24) is 14.5 Å². The number of hydrogen-bond donors (Lipinski definition) is 1. The lowest BCUT2D eigenvalue weighted by Crippen LogP contribution is -2.24. The van der Waals surface area contributed by atoms with Crippen LogP contribution in [0.5, 0.6) is 0 Å². The molecule has 30 heavy (non-hydrogen) atoms. The number of thiazole rings is 1. The van der Waals surface area contributed by atoms with Crippen molar-refractivity contribution in [1.29, 1.82) is 0 Å². The standard InChI is InChI=1S/C22H20N4O2S2/c1-15(27)23-21-24-17(13-29-21)14-30-22-25-19-10-6-5-9-18(19)20(28)26(22)12-11-16-7-3-2-4-8-16/h2-10,13H,11-12,14H2,1H3,(H,23,24,27). The van der Waals surface area contributed by atoms with Gasteiger partial charge in [-0.15, -0.1) is 11.3 Å². The zero-order valence-corrected chi connectivity index (χ0v) is 18.0. The molecule has 6 nitrogen and oxygen atoms in total. The van der Waals surface area contributed by atoms with Crippen molar-refractivity contribution in [3.05, 3.63) is 81.6 Å². The number of nitrogens with one attached hydrogen (secondary N) is 1. The Bertz CT molecular complexity index is 1230. The van der Waals surface area contributed by atoms with Gasteiger partial charge in [-0.05, 0) is 24.1 Å². The summed E-state index contributed by atoms with van der Waals surface area (Å²) in [6.45, 7) is 2.01. The number of aryl methyl sites for hydroxylation is 1. The van der Waals surface area contributed by atoms with E-state index in [-0.39, 0.29) is 11.5 Å². The minimum atomic E-state index is -0.144. The van der Waals surface area contributed by atoms with Gasteiger partial charge in [0.05, 0.1) is 16.6 Å². The molecule has 0 fully saturated rings. The molecule has 8 heteroatoms. The molecule has 0 aliphatic rings. The molecule has 0 radical (unpaired) electrons. The van der Waals surface area contributed by atoms with Crippen LogP contribution in [0.1, 0.15) is 18.2 Å². The average Bonchev–Trinajstić information content (AvgIpc) is 3.19. The number of thioether (sulfide) groups is 1. The molecule has 0 atom stereocenters. The molecule has 1 N–H and O–H groups in total. The largest absolute Gasteiger partial charge is 0.302 e. The van der Waals surface area contributed by atoms with Crippen LogP contribution in [-0.2, 0) is 23.5 Å². The molecule has 4 rings (SSSR count). The molecule has 0 aliphatic carbocycles. The number of carbonyl (C=O) groups excluding carboxylic acids is 1. The van der Waals surface area contributed by atoms with Crippen molar-refractivity contribution < 1.29 is 4.79 Å². The summed E-state index contributed by atoms with van der Waals surface area (Å²) in [6.07, 6.45) is 0.748. The number of carbonyl (C=O) groups is 1. The van der Waals surface area contributed by atoms with Crippen LogP contribution in [0, 0.1) is 0 Å². The van der Waals surface area contributed by atoms with Crippen LogP contribution in [0.3, 0.4) is 0 Å². The lowest BCUT2D eigenvalue weighted by atomic mass is 10.1. The van der Waals surface area contributed by atoms with Gasteiger partial charge in [-0.1, -0.05) is 54.2 Å². The number of hydrogen-bond acceptors (Lipinski definition) is 6. The molecule has 0 saturated heterocycles. The van der Waals surface area contributed by atoms with Gasteiger partial charge in [-0.3, -0.25) is 14.2 Å². The Labute approximate surface area is 182 Å². The van der Waals surface area contributed by atoms with Crippen LogP contribution in [0.2, 0.25) is 0 Å². The summed E-state index contributed by atoms with van der Waals surface area (Å²) in [7, 11) is 0. The summed E-state index contributed by atoms with van der Waals surface area (Å²) in [5.74, 6) is 0.418.